The van der Waals surface area contributed by atoms with Gasteiger partial charge in [-0.15, -0.1) is 0 Å². The molecular formula is C25H31FN2O3. The molecule has 1 heterocycles. The van der Waals surface area contributed by atoms with Crippen LogP contribution in [-0.4, -0.2) is 54.4 Å². The molecule has 1 aliphatic rings. The van der Waals surface area contributed by atoms with Gasteiger partial charge in [0.15, 0.2) is 0 Å². The molecule has 2 aromatic rings. The second kappa shape index (κ2) is 10.9. The monoisotopic (exact) mass is 426 g/mol. The summed E-state index contributed by atoms with van der Waals surface area (Å²) in [4.78, 5) is 28.9. The predicted octanol–water partition coefficient (Wildman–Crippen LogP) is 3.91. The van der Waals surface area contributed by atoms with E-state index in [1.807, 2.05) is 36.9 Å². The number of carbonyl (C=O) groups is 2. The highest BCUT2D eigenvalue weighted by Gasteiger charge is 2.22. The third kappa shape index (κ3) is 6.54. The predicted molar refractivity (Wildman–Crippen MR) is 119 cm³/mol. The van der Waals surface area contributed by atoms with Crippen molar-refractivity contribution in [2.45, 2.75) is 39.5 Å². The fourth-order valence-electron chi connectivity index (χ4n) is 3.89. The molecule has 5 nitrogen and oxygen atoms in total. The zero-order valence-corrected chi connectivity index (χ0v) is 18.4. The molecule has 0 saturated carbocycles. The van der Waals surface area contributed by atoms with Crippen molar-refractivity contribution in [3.63, 3.8) is 0 Å². The van der Waals surface area contributed by atoms with E-state index in [-0.39, 0.29) is 24.1 Å². The van der Waals surface area contributed by atoms with Crippen LogP contribution in [0.25, 0.3) is 0 Å². The normalized spacial score (nSPS) is 14.3. The SMILES string of the molecule is Cc1cccc(C)c1OCCCC(=O)N1CCCN(C(=O)Cc2ccc(F)cc2)CC1. The first-order valence-electron chi connectivity index (χ1n) is 10.9. The maximum Gasteiger partial charge on any atom is 0.227 e. The van der Waals surface area contributed by atoms with Gasteiger partial charge in [0, 0.05) is 32.6 Å². The summed E-state index contributed by atoms with van der Waals surface area (Å²) in [5.41, 5.74) is 3.00. The number of benzene rings is 2. The van der Waals surface area contributed by atoms with Crippen LogP contribution in [-0.2, 0) is 16.0 Å². The topological polar surface area (TPSA) is 49.9 Å². The van der Waals surface area contributed by atoms with Gasteiger partial charge < -0.3 is 14.5 Å². The number of rotatable bonds is 7. The van der Waals surface area contributed by atoms with Crippen molar-refractivity contribution in [2.75, 3.05) is 32.8 Å². The van der Waals surface area contributed by atoms with Gasteiger partial charge in [0.2, 0.25) is 11.8 Å². The third-order valence-electron chi connectivity index (χ3n) is 5.66. The largest absolute Gasteiger partial charge is 0.493 e. The van der Waals surface area contributed by atoms with Gasteiger partial charge in [-0.1, -0.05) is 30.3 Å². The van der Waals surface area contributed by atoms with Gasteiger partial charge in [0.05, 0.1) is 13.0 Å². The van der Waals surface area contributed by atoms with Crippen molar-refractivity contribution in [3.8, 4) is 5.75 Å². The molecule has 0 bridgehead atoms. The van der Waals surface area contributed by atoms with Crippen molar-refractivity contribution in [1.82, 2.24) is 9.80 Å². The minimum atomic E-state index is -0.306. The highest BCUT2D eigenvalue weighted by Crippen LogP contribution is 2.22. The summed E-state index contributed by atoms with van der Waals surface area (Å²) < 4.78 is 18.9. The van der Waals surface area contributed by atoms with Crippen LogP contribution in [0.4, 0.5) is 4.39 Å². The summed E-state index contributed by atoms with van der Waals surface area (Å²) in [6, 6.07) is 12.1. The minimum absolute atomic E-state index is 0.0166. The first-order valence-corrected chi connectivity index (χ1v) is 10.9. The molecule has 1 aliphatic heterocycles. The number of nitrogens with zero attached hydrogens (tertiary/aromatic N) is 2. The van der Waals surface area contributed by atoms with Gasteiger partial charge in [-0.3, -0.25) is 9.59 Å². The van der Waals surface area contributed by atoms with E-state index in [0.717, 1.165) is 28.9 Å². The Morgan fingerprint density at radius 3 is 2.16 bits per heavy atom. The van der Waals surface area contributed by atoms with E-state index in [1.165, 1.54) is 12.1 Å². The van der Waals surface area contributed by atoms with Crippen molar-refractivity contribution in [1.29, 1.82) is 0 Å². The average molecular weight is 427 g/mol. The highest BCUT2D eigenvalue weighted by molar-refractivity contribution is 5.79. The molecule has 2 amide bonds. The first-order chi connectivity index (χ1) is 14.9. The Morgan fingerprint density at radius 1 is 0.903 bits per heavy atom. The Morgan fingerprint density at radius 2 is 1.52 bits per heavy atom. The van der Waals surface area contributed by atoms with Gasteiger partial charge >= 0.3 is 0 Å². The van der Waals surface area contributed by atoms with E-state index < -0.39 is 0 Å². The van der Waals surface area contributed by atoms with Crippen molar-refractivity contribution in [3.05, 3.63) is 65.0 Å². The molecule has 0 aliphatic carbocycles. The lowest BCUT2D eigenvalue weighted by Gasteiger charge is -2.22. The molecule has 0 unspecified atom stereocenters. The first kappa shape index (κ1) is 22.8. The number of halogens is 1. The van der Waals surface area contributed by atoms with Crippen LogP contribution in [0.5, 0.6) is 5.75 Å². The van der Waals surface area contributed by atoms with E-state index >= 15 is 0 Å². The Labute approximate surface area is 183 Å². The van der Waals surface area contributed by atoms with E-state index in [4.69, 9.17) is 4.74 Å². The maximum absolute atomic E-state index is 13.0. The van der Waals surface area contributed by atoms with Crippen LogP contribution in [0.15, 0.2) is 42.5 Å². The Kier molecular flexibility index (Phi) is 8.04. The molecule has 0 aromatic heterocycles. The van der Waals surface area contributed by atoms with Crippen LogP contribution in [0.1, 0.15) is 36.0 Å². The lowest BCUT2D eigenvalue weighted by atomic mass is 10.1. The average Bonchev–Trinajstić information content (AvgIpc) is 3.01. The van der Waals surface area contributed by atoms with Crippen LogP contribution in [0.3, 0.4) is 0 Å². The summed E-state index contributed by atoms with van der Waals surface area (Å²) in [6.45, 7) is 6.93. The van der Waals surface area contributed by atoms with Crippen molar-refractivity contribution in [2.24, 2.45) is 0 Å². The molecule has 0 N–H and O–H groups in total. The number of para-hydroxylation sites is 1. The Hall–Kier alpha value is -2.89. The standard InChI is InChI=1S/C25H31FN2O3/c1-19-6-3-7-20(2)25(19)31-17-4-8-23(29)27-13-5-14-28(16-15-27)24(30)18-21-9-11-22(26)12-10-21/h3,6-7,9-12H,4-5,8,13-18H2,1-2H3. The second-order valence-corrected chi connectivity index (χ2v) is 8.09. The number of carbonyl (C=O) groups excluding carboxylic acids is 2. The molecule has 0 atom stereocenters. The summed E-state index contributed by atoms with van der Waals surface area (Å²) in [7, 11) is 0. The molecule has 3 rings (SSSR count). The van der Waals surface area contributed by atoms with Gasteiger partial charge in [-0.05, 0) is 55.5 Å². The summed E-state index contributed by atoms with van der Waals surface area (Å²) in [5, 5.41) is 0. The van der Waals surface area contributed by atoms with Crippen molar-refractivity contribution >= 4 is 11.8 Å². The van der Waals surface area contributed by atoms with Crippen LogP contribution in [0.2, 0.25) is 0 Å². The maximum atomic E-state index is 13.0. The number of ether oxygens (including phenoxy) is 1. The molecule has 1 fully saturated rings. The molecule has 0 radical (unpaired) electrons. The van der Waals surface area contributed by atoms with Gasteiger partial charge in [-0.2, -0.15) is 0 Å². The van der Waals surface area contributed by atoms with Crippen LogP contribution < -0.4 is 4.74 Å². The molecule has 31 heavy (non-hydrogen) atoms. The number of aryl methyl sites for hydroxylation is 2. The molecule has 1 saturated heterocycles. The Balaban J connectivity index is 1.41. The summed E-state index contributed by atoms with van der Waals surface area (Å²) in [6.07, 6.45) is 2.12. The number of amides is 2. The van der Waals surface area contributed by atoms with E-state index in [2.05, 4.69) is 0 Å². The fourth-order valence-corrected chi connectivity index (χ4v) is 3.89. The molecule has 166 valence electrons. The fraction of sp³-hybridized carbons (Fsp3) is 0.440. The quantitative estimate of drug-likeness (QED) is 0.631. The van der Waals surface area contributed by atoms with E-state index in [9.17, 15) is 14.0 Å². The number of hydrogen-bond acceptors (Lipinski definition) is 3. The summed E-state index contributed by atoms with van der Waals surface area (Å²) >= 11 is 0. The second-order valence-electron chi connectivity index (χ2n) is 8.09. The zero-order chi connectivity index (χ0) is 22.2. The highest BCUT2D eigenvalue weighted by atomic mass is 19.1. The smallest absolute Gasteiger partial charge is 0.227 e. The molecular weight excluding hydrogens is 395 g/mol. The third-order valence-corrected chi connectivity index (χ3v) is 5.66. The minimum Gasteiger partial charge on any atom is -0.493 e. The van der Waals surface area contributed by atoms with Crippen LogP contribution in [0, 0.1) is 19.7 Å². The van der Waals surface area contributed by atoms with E-state index in [1.54, 1.807) is 17.0 Å². The molecule has 6 heteroatoms. The summed E-state index contributed by atoms with van der Waals surface area (Å²) in [5.74, 6) is 0.723. The van der Waals surface area contributed by atoms with Gasteiger partial charge in [0.1, 0.15) is 11.6 Å². The van der Waals surface area contributed by atoms with E-state index in [0.29, 0.717) is 45.6 Å². The molecule has 0 spiro atoms. The van der Waals surface area contributed by atoms with Crippen LogP contribution >= 0.6 is 0 Å². The van der Waals surface area contributed by atoms with Crippen molar-refractivity contribution < 1.29 is 18.7 Å². The van der Waals surface area contributed by atoms with Gasteiger partial charge in [0.25, 0.3) is 0 Å². The zero-order valence-electron chi connectivity index (χ0n) is 18.4. The molecule has 2 aromatic carbocycles. The lowest BCUT2D eigenvalue weighted by Crippen LogP contribution is -2.38. The Bertz CT molecular complexity index is 878. The lowest BCUT2D eigenvalue weighted by molar-refractivity contribution is -0.133. The number of hydrogen-bond donors (Lipinski definition) is 0. The van der Waals surface area contributed by atoms with Gasteiger partial charge in [-0.25, -0.2) is 4.39 Å².